The summed E-state index contributed by atoms with van der Waals surface area (Å²) in [5.41, 5.74) is 7.04. The Kier molecular flexibility index (Phi) is 3.63. The molecule has 0 saturated carbocycles. The van der Waals surface area contributed by atoms with Gasteiger partial charge in [-0.2, -0.15) is 0 Å². The van der Waals surface area contributed by atoms with Crippen LogP contribution in [0.5, 0.6) is 0 Å². The van der Waals surface area contributed by atoms with Crippen molar-refractivity contribution >= 4 is 28.2 Å². The molecule has 2 rings (SSSR count). The van der Waals surface area contributed by atoms with E-state index < -0.39 is 11.6 Å². The first-order valence-electron chi connectivity index (χ1n) is 4.85. The van der Waals surface area contributed by atoms with Gasteiger partial charge in [0.05, 0.1) is 9.90 Å². The average Bonchev–Trinajstić information content (AvgIpc) is 2.53. The van der Waals surface area contributed by atoms with Crippen molar-refractivity contribution in [1.29, 1.82) is 0 Å². The maximum Gasteiger partial charge on any atom is 0.181 e. The van der Waals surface area contributed by atoms with Crippen molar-refractivity contribution in [2.45, 2.75) is 16.9 Å². The molecule has 0 atom stereocenters. The molecule has 17 heavy (non-hydrogen) atoms. The van der Waals surface area contributed by atoms with Gasteiger partial charge < -0.3 is 5.73 Å². The first-order valence-corrected chi connectivity index (χ1v) is 6.65. The molecule has 1 aromatic heterocycles. The van der Waals surface area contributed by atoms with Crippen LogP contribution in [0.25, 0.3) is 0 Å². The van der Waals surface area contributed by atoms with Gasteiger partial charge in [-0.1, -0.05) is 11.3 Å². The number of aryl methyl sites for hydroxylation is 1. The third-order valence-corrected chi connectivity index (χ3v) is 4.48. The van der Waals surface area contributed by atoms with Crippen molar-refractivity contribution in [2.24, 2.45) is 0 Å². The molecule has 2 N–H and O–H groups in total. The molecule has 1 heterocycles. The summed E-state index contributed by atoms with van der Waals surface area (Å²) in [6, 6.07) is 3.52. The van der Waals surface area contributed by atoms with Crippen LogP contribution in [0.1, 0.15) is 11.3 Å². The number of nitrogens with two attached hydrogens (primary N) is 1. The average molecular weight is 272 g/mol. The van der Waals surface area contributed by atoms with Crippen LogP contribution in [0.3, 0.4) is 0 Å². The van der Waals surface area contributed by atoms with Crippen molar-refractivity contribution in [3.8, 4) is 0 Å². The topological polar surface area (TPSA) is 38.9 Å². The summed E-state index contributed by atoms with van der Waals surface area (Å²) >= 11 is 2.87. The number of benzene rings is 1. The van der Waals surface area contributed by atoms with Gasteiger partial charge in [-0.05, 0) is 24.6 Å². The van der Waals surface area contributed by atoms with Crippen LogP contribution >= 0.6 is 23.1 Å². The van der Waals surface area contributed by atoms with E-state index in [-0.39, 0.29) is 0 Å². The maximum absolute atomic E-state index is 13.0. The minimum Gasteiger partial charge on any atom is -0.375 e. The summed E-state index contributed by atoms with van der Waals surface area (Å²) in [6.45, 7) is 1.86. The second kappa shape index (κ2) is 5.01. The Hall–Kier alpha value is -1.14. The molecule has 0 amide bonds. The molecule has 0 bridgehead atoms. The van der Waals surface area contributed by atoms with Gasteiger partial charge in [0, 0.05) is 11.8 Å². The fourth-order valence-corrected chi connectivity index (χ4v) is 3.33. The van der Waals surface area contributed by atoms with E-state index >= 15 is 0 Å². The molecule has 2 nitrogen and oxygen atoms in total. The zero-order valence-electron chi connectivity index (χ0n) is 9.04. The van der Waals surface area contributed by atoms with Crippen molar-refractivity contribution in [3.05, 3.63) is 41.1 Å². The van der Waals surface area contributed by atoms with Gasteiger partial charge in [-0.25, -0.2) is 13.8 Å². The van der Waals surface area contributed by atoms with Crippen molar-refractivity contribution in [3.63, 3.8) is 0 Å². The third-order valence-electron chi connectivity index (χ3n) is 2.06. The van der Waals surface area contributed by atoms with E-state index in [1.165, 1.54) is 35.2 Å². The summed E-state index contributed by atoms with van der Waals surface area (Å²) in [5.74, 6) is -0.612. The second-order valence-corrected chi connectivity index (χ2v) is 5.77. The van der Waals surface area contributed by atoms with Crippen LogP contribution in [0, 0.1) is 18.6 Å². The highest BCUT2D eigenvalue weighted by molar-refractivity contribution is 8.00. The molecular weight excluding hydrogens is 262 g/mol. The van der Waals surface area contributed by atoms with E-state index in [4.69, 9.17) is 5.73 Å². The van der Waals surface area contributed by atoms with Crippen molar-refractivity contribution < 1.29 is 8.78 Å². The molecule has 0 aliphatic carbocycles. The molecule has 0 radical (unpaired) electrons. The van der Waals surface area contributed by atoms with Crippen LogP contribution in [-0.2, 0) is 5.75 Å². The monoisotopic (exact) mass is 272 g/mol. The van der Waals surface area contributed by atoms with Gasteiger partial charge in [0.15, 0.2) is 5.13 Å². The first-order chi connectivity index (χ1) is 8.04. The number of thioether (sulfide) groups is 1. The lowest BCUT2D eigenvalue weighted by Crippen LogP contribution is -1.86. The van der Waals surface area contributed by atoms with Crippen LogP contribution in [-0.4, -0.2) is 4.98 Å². The fourth-order valence-electron chi connectivity index (χ4n) is 1.38. The number of thiazole rings is 1. The van der Waals surface area contributed by atoms with E-state index in [0.29, 0.717) is 16.4 Å². The van der Waals surface area contributed by atoms with Gasteiger partial charge in [0.2, 0.25) is 0 Å². The van der Waals surface area contributed by atoms with Crippen molar-refractivity contribution in [2.75, 3.05) is 5.73 Å². The number of nitrogen functional groups attached to an aromatic ring is 1. The Morgan fingerprint density at radius 3 is 2.47 bits per heavy atom. The lowest BCUT2D eigenvalue weighted by molar-refractivity contribution is 0.581. The minimum atomic E-state index is -0.554. The molecule has 0 unspecified atom stereocenters. The van der Waals surface area contributed by atoms with Gasteiger partial charge >= 0.3 is 0 Å². The normalized spacial score (nSPS) is 10.8. The predicted molar refractivity (Wildman–Crippen MR) is 67.2 cm³/mol. The zero-order valence-corrected chi connectivity index (χ0v) is 10.7. The van der Waals surface area contributed by atoms with Crippen LogP contribution < -0.4 is 5.73 Å². The molecule has 0 spiro atoms. The smallest absolute Gasteiger partial charge is 0.181 e. The van der Waals surface area contributed by atoms with Crippen LogP contribution in [0.15, 0.2) is 22.4 Å². The maximum atomic E-state index is 13.0. The van der Waals surface area contributed by atoms with Gasteiger partial charge in [0.1, 0.15) is 11.6 Å². The summed E-state index contributed by atoms with van der Waals surface area (Å²) in [4.78, 5) is 4.09. The molecule has 1 aromatic carbocycles. The van der Waals surface area contributed by atoms with Gasteiger partial charge in [0.25, 0.3) is 0 Å². The van der Waals surface area contributed by atoms with E-state index in [1.54, 1.807) is 0 Å². The highest BCUT2D eigenvalue weighted by atomic mass is 32.2. The quantitative estimate of drug-likeness (QED) is 0.868. The second-order valence-electron chi connectivity index (χ2n) is 3.49. The summed E-state index contributed by atoms with van der Waals surface area (Å²) < 4.78 is 26.9. The van der Waals surface area contributed by atoms with Gasteiger partial charge in [-0.15, -0.1) is 11.8 Å². The molecule has 0 saturated heterocycles. The number of rotatable bonds is 3. The van der Waals surface area contributed by atoms with Crippen LogP contribution in [0.4, 0.5) is 13.9 Å². The molecule has 6 heteroatoms. The standard InChI is InChI=1S/C11H10F2N2S2/c1-6-10(17-11(14)15-6)16-5-7-2-8(12)4-9(13)3-7/h2-4H,5H2,1H3,(H2,14,15). The highest BCUT2D eigenvalue weighted by Gasteiger charge is 2.07. The molecule has 90 valence electrons. The lowest BCUT2D eigenvalue weighted by atomic mass is 10.2. The largest absolute Gasteiger partial charge is 0.375 e. The Bertz CT molecular complexity index is 520. The Morgan fingerprint density at radius 1 is 1.29 bits per heavy atom. The third kappa shape index (κ3) is 3.17. The summed E-state index contributed by atoms with van der Waals surface area (Å²) in [6.07, 6.45) is 0. The minimum absolute atomic E-state index is 0.497. The molecule has 0 aliphatic heterocycles. The molecule has 0 fully saturated rings. The van der Waals surface area contributed by atoms with Gasteiger partial charge in [-0.3, -0.25) is 0 Å². The number of hydrogen-bond acceptors (Lipinski definition) is 4. The van der Waals surface area contributed by atoms with Crippen LogP contribution in [0.2, 0.25) is 0 Å². The Labute approximate surface area is 106 Å². The SMILES string of the molecule is Cc1nc(N)sc1SCc1cc(F)cc(F)c1. The predicted octanol–water partition coefficient (Wildman–Crippen LogP) is 3.60. The lowest BCUT2D eigenvalue weighted by Gasteiger charge is -2.01. The number of halogens is 2. The summed E-state index contributed by atoms with van der Waals surface area (Å²) in [5, 5.41) is 0.510. The van der Waals surface area contributed by atoms with E-state index in [9.17, 15) is 8.78 Å². The molecule has 0 aliphatic rings. The fraction of sp³-hybridized carbons (Fsp3) is 0.182. The number of aromatic nitrogens is 1. The highest BCUT2D eigenvalue weighted by Crippen LogP contribution is 2.32. The molecule has 2 aromatic rings. The number of anilines is 1. The molecular formula is C11H10F2N2S2. The first kappa shape index (κ1) is 12.3. The van der Waals surface area contributed by atoms with E-state index in [1.807, 2.05) is 6.92 Å². The number of nitrogens with zero attached hydrogens (tertiary/aromatic N) is 1. The number of hydrogen-bond donors (Lipinski definition) is 1. The van der Waals surface area contributed by atoms with E-state index in [2.05, 4.69) is 4.98 Å². The Morgan fingerprint density at radius 2 is 1.94 bits per heavy atom. The Balaban J connectivity index is 2.09. The van der Waals surface area contributed by atoms with E-state index in [0.717, 1.165) is 16.0 Å². The summed E-state index contributed by atoms with van der Waals surface area (Å²) in [7, 11) is 0. The zero-order chi connectivity index (χ0) is 12.4. The van der Waals surface area contributed by atoms with Crippen molar-refractivity contribution in [1.82, 2.24) is 4.98 Å².